The van der Waals surface area contributed by atoms with Crippen LogP contribution in [0.15, 0.2) is 22.7 Å². The van der Waals surface area contributed by atoms with E-state index in [1.165, 1.54) is 5.56 Å². The minimum Gasteiger partial charge on any atom is -0.490 e. The first-order chi connectivity index (χ1) is 7.20. The quantitative estimate of drug-likeness (QED) is 0.890. The molecule has 0 fully saturated rings. The monoisotopic (exact) mass is 269 g/mol. The van der Waals surface area contributed by atoms with Gasteiger partial charge in [0.2, 0.25) is 0 Å². The SMILES string of the molecule is CCNC1CC(C)Oc2ccc(Br)cc21. The number of benzene rings is 1. The van der Waals surface area contributed by atoms with Gasteiger partial charge in [0.15, 0.2) is 0 Å². The Morgan fingerprint density at radius 1 is 1.53 bits per heavy atom. The Kier molecular flexibility index (Phi) is 3.32. The van der Waals surface area contributed by atoms with Gasteiger partial charge in [0.25, 0.3) is 0 Å². The maximum absolute atomic E-state index is 5.80. The van der Waals surface area contributed by atoms with Crippen molar-refractivity contribution >= 4 is 15.9 Å². The van der Waals surface area contributed by atoms with Gasteiger partial charge in [-0.15, -0.1) is 0 Å². The molecule has 0 saturated carbocycles. The van der Waals surface area contributed by atoms with Crippen LogP contribution in [0.5, 0.6) is 5.75 Å². The number of rotatable bonds is 2. The normalized spacial score (nSPS) is 24.5. The molecule has 1 aliphatic rings. The first kappa shape index (κ1) is 11.0. The molecule has 82 valence electrons. The zero-order valence-corrected chi connectivity index (χ0v) is 10.7. The molecule has 2 nitrogen and oxygen atoms in total. The highest BCUT2D eigenvalue weighted by molar-refractivity contribution is 9.10. The summed E-state index contributed by atoms with van der Waals surface area (Å²) < 4.78 is 6.92. The third-order valence-corrected chi connectivity index (χ3v) is 3.19. The number of ether oxygens (including phenoxy) is 1. The largest absolute Gasteiger partial charge is 0.490 e. The second kappa shape index (κ2) is 4.54. The summed E-state index contributed by atoms with van der Waals surface area (Å²) >= 11 is 3.50. The van der Waals surface area contributed by atoms with E-state index in [1.807, 2.05) is 12.1 Å². The van der Waals surface area contributed by atoms with Crippen LogP contribution < -0.4 is 10.1 Å². The second-order valence-corrected chi connectivity index (χ2v) is 4.87. The molecule has 1 heterocycles. The van der Waals surface area contributed by atoms with E-state index in [0.717, 1.165) is 23.2 Å². The van der Waals surface area contributed by atoms with Crippen LogP contribution in [0.25, 0.3) is 0 Å². The third kappa shape index (κ3) is 2.34. The Hall–Kier alpha value is -0.540. The number of fused-ring (bicyclic) bond motifs is 1. The average Bonchev–Trinajstić information content (AvgIpc) is 2.19. The Morgan fingerprint density at radius 2 is 2.33 bits per heavy atom. The van der Waals surface area contributed by atoms with E-state index >= 15 is 0 Å². The van der Waals surface area contributed by atoms with Gasteiger partial charge in [-0.1, -0.05) is 22.9 Å². The molecule has 15 heavy (non-hydrogen) atoms. The highest BCUT2D eigenvalue weighted by Crippen LogP contribution is 2.36. The fourth-order valence-corrected chi connectivity index (χ4v) is 2.44. The van der Waals surface area contributed by atoms with Gasteiger partial charge >= 0.3 is 0 Å². The van der Waals surface area contributed by atoms with E-state index in [2.05, 4.69) is 41.2 Å². The lowest BCUT2D eigenvalue weighted by molar-refractivity contribution is 0.167. The van der Waals surface area contributed by atoms with Crippen molar-refractivity contribution in [2.45, 2.75) is 32.4 Å². The standard InChI is InChI=1S/C12H16BrNO/c1-3-14-11-6-8(2)15-12-5-4-9(13)7-10(11)12/h4-5,7-8,11,14H,3,6H2,1-2H3. The molecule has 1 aliphatic heterocycles. The summed E-state index contributed by atoms with van der Waals surface area (Å²) in [5.74, 6) is 1.02. The Morgan fingerprint density at radius 3 is 3.07 bits per heavy atom. The number of halogens is 1. The zero-order chi connectivity index (χ0) is 10.8. The van der Waals surface area contributed by atoms with E-state index in [0.29, 0.717) is 12.1 Å². The summed E-state index contributed by atoms with van der Waals surface area (Å²) in [6.45, 7) is 5.25. The predicted octanol–water partition coefficient (Wildman–Crippen LogP) is 3.27. The smallest absolute Gasteiger partial charge is 0.124 e. The lowest BCUT2D eigenvalue weighted by Crippen LogP contribution is -2.31. The maximum Gasteiger partial charge on any atom is 0.124 e. The van der Waals surface area contributed by atoms with Gasteiger partial charge in [0.05, 0.1) is 6.10 Å². The van der Waals surface area contributed by atoms with E-state index in [9.17, 15) is 0 Å². The van der Waals surface area contributed by atoms with E-state index in [-0.39, 0.29) is 0 Å². The van der Waals surface area contributed by atoms with Crippen LogP contribution in [0.1, 0.15) is 31.9 Å². The highest BCUT2D eigenvalue weighted by Gasteiger charge is 2.24. The molecule has 1 aromatic carbocycles. The van der Waals surface area contributed by atoms with E-state index in [1.54, 1.807) is 0 Å². The summed E-state index contributed by atoms with van der Waals surface area (Å²) in [5, 5.41) is 3.50. The van der Waals surface area contributed by atoms with Crippen molar-refractivity contribution in [3.8, 4) is 5.75 Å². The van der Waals surface area contributed by atoms with Crippen LogP contribution in [0.2, 0.25) is 0 Å². The minimum absolute atomic E-state index is 0.294. The van der Waals surface area contributed by atoms with Crippen LogP contribution >= 0.6 is 15.9 Å². The molecular weight excluding hydrogens is 254 g/mol. The summed E-state index contributed by atoms with van der Waals surface area (Å²) in [7, 11) is 0. The molecule has 3 heteroatoms. The Labute approximate surface area is 99.1 Å². The molecule has 1 aromatic rings. The fourth-order valence-electron chi connectivity index (χ4n) is 2.06. The molecule has 0 bridgehead atoms. The van der Waals surface area contributed by atoms with Gasteiger partial charge in [0.1, 0.15) is 5.75 Å². The van der Waals surface area contributed by atoms with E-state index in [4.69, 9.17) is 4.74 Å². The van der Waals surface area contributed by atoms with Crippen molar-refractivity contribution in [2.24, 2.45) is 0 Å². The third-order valence-electron chi connectivity index (χ3n) is 2.69. The minimum atomic E-state index is 0.294. The Balaban J connectivity index is 2.34. The van der Waals surface area contributed by atoms with Crippen molar-refractivity contribution < 1.29 is 4.74 Å². The van der Waals surface area contributed by atoms with Crippen LogP contribution in [-0.4, -0.2) is 12.6 Å². The van der Waals surface area contributed by atoms with Gasteiger partial charge in [-0.3, -0.25) is 0 Å². The van der Waals surface area contributed by atoms with Gasteiger partial charge < -0.3 is 10.1 Å². The molecule has 2 rings (SSSR count). The summed E-state index contributed by atoms with van der Waals surface area (Å²) in [6.07, 6.45) is 1.33. The van der Waals surface area contributed by atoms with Gasteiger partial charge in [-0.05, 0) is 31.7 Å². The summed E-state index contributed by atoms with van der Waals surface area (Å²) in [4.78, 5) is 0. The molecular formula is C12H16BrNO. The Bertz CT molecular complexity index is 353. The van der Waals surface area contributed by atoms with Crippen LogP contribution in [0.4, 0.5) is 0 Å². The maximum atomic E-state index is 5.80. The number of nitrogens with one attached hydrogen (secondary N) is 1. The molecule has 0 saturated heterocycles. The lowest BCUT2D eigenvalue weighted by atomic mass is 9.97. The lowest BCUT2D eigenvalue weighted by Gasteiger charge is -2.31. The van der Waals surface area contributed by atoms with Crippen LogP contribution in [0, 0.1) is 0 Å². The van der Waals surface area contributed by atoms with Crippen molar-refractivity contribution in [1.82, 2.24) is 5.32 Å². The molecule has 2 unspecified atom stereocenters. The van der Waals surface area contributed by atoms with Crippen molar-refractivity contribution in [3.63, 3.8) is 0 Å². The summed E-state index contributed by atoms with van der Waals surface area (Å²) in [5.41, 5.74) is 1.27. The number of hydrogen-bond acceptors (Lipinski definition) is 2. The zero-order valence-electron chi connectivity index (χ0n) is 9.09. The van der Waals surface area contributed by atoms with E-state index < -0.39 is 0 Å². The highest BCUT2D eigenvalue weighted by atomic mass is 79.9. The average molecular weight is 270 g/mol. The van der Waals surface area contributed by atoms with Crippen LogP contribution in [-0.2, 0) is 0 Å². The fraction of sp³-hybridized carbons (Fsp3) is 0.500. The first-order valence-electron chi connectivity index (χ1n) is 5.40. The van der Waals surface area contributed by atoms with Gasteiger partial charge in [0, 0.05) is 22.5 Å². The molecule has 0 aromatic heterocycles. The molecule has 0 amide bonds. The van der Waals surface area contributed by atoms with Crippen molar-refractivity contribution in [3.05, 3.63) is 28.2 Å². The second-order valence-electron chi connectivity index (χ2n) is 3.96. The van der Waals surface area contributed by atoms with Crippen molar-refractivity contribution in [1.29, 1.82) is 0 Å². The predicted molar refractivity (Wildman–Crippen MR) is 65.3 cm³/mol. The summed E-state index contributed by atoms with van der Waals surface area (Å²) in [6, 6.07) is 6.64. The first-order valence-corrected chi connectivity index (χ1v) is 6.19. The van der Waals surface area contributed by atoms with Crippen LogP contribution in [0.3, 0.4) is 0 Å². The molecule has 0 aliphatic carbocycles. The number of hydrogen-bond donors (Lipinski definition) is 1. The molecule has 0 spiro atoms. The molecule has 0 radical (unpaired) electrons. The molecule has 2 atom stereocenters. The molecule has 1 N–H and O–H groups in total. The van der Waals surface area contributed by atoms with Gasteiger partial charge in [-0.25, -0.2) is 0 Å². The van der Waals surface area contributed by atoms with Crippen molar-refractivity contribution in [2.75, 3.05) is 6.54 Å². The van der Waals surface area contributed by atoms with Gasteiger partial charge in [-0.2, -0.15) is 0 Å². The topological polar surface area (TPSA) is 21.3 Å².